The molecule has 0 aromatic carbocycles. The summed E-state index contributed by atoms with van der Waals surface area (Å²) in [6, 6.07) is 0. The predicted octanol–water partition coefficient (Wildman–Crippen LogP) is 2.70. The van der Waals surface area contributed by atoms with Gasteiger partial charge >= 0.3 is 23.9 Å². The van der Waals surface area contributed by atoms with E-state index in [1.54, 1.807) is 0 Å². The summed E-state index contributed by atoms with van der Waals surface area (Å²) in [7, 11) is 0. The van der Waals surface area contributed by atoms with Gasteiger partial charge in [-0.25, -0.2) is 0 Å². The summed E-state index contributed by atoms with van der Waals surface area (Å²) in [6.07, 6.45) is 3.07. The largest absolute Gasteiger partial charge is 0.481 e. The molecule has 1 rings (SSSR count). The van der Waals surface area contributed by atoms with Crippen molar-refractivity contribution in [1.82, 2.24) is 0 Å². The number of carboxylic acid groups (broad SMARTS) is 4. The minimum atomic E-state index is -2.11. The van der Waals surface area contributed by atoms with Gasteiger partial charge in [0.05, 0.1) is 22.7 Å². The van der Waals surface area contributed by atoms with Gasteiger partial charge in [0.2, 0.25) is 0 Å². The average Bonchev–Trinajstić information content (AvgIpc) is 2.52. The first-order valence-electron chi connectivity index (χ1n) is 9.07. The molecule has 8 heteroatoms. The van der Waals surface area contributed by atoms with Crippen LogP contribution in [0, 0.1) is 22.7 Å². The smallest absolute Gasteiger partial charge is 0.311 e. The van der Waals surface area contributed by atoms with E-state index in [1.165, 1.54) is 0 Å². The molecular weight excluding hydrogens is 344 g/mol. The van der Waals surface area contributed by atoms with Crippen LogP contribution in [0.2, 0.25) is 0 Å². The highest BCUT2D eigenvalue weighted by molar-refractivity contribution is 6.01. The van der Waals surface area contributed by atoms with E-state index in [-0.39, 0.29) is 12.8 Å². The number of unbranched alkanes of at least 4 members (excludes halogenated alkanes) is 4. The SMILES string of the molecule is CCCCCC1(C(=O)O)C(C(=O)O)C(C(=O)O)C1(CCCCC)C(=O)O. The molecule has 0 amide bonds. The summed E-state index contributed by atoms with van der Waals surface area (Å²) in [5.41, 5.74) is -4.23. The van der Waals surface area contributed by atoms with E-state index in [2.05, 4.69) is 0 Å². The van der Waals surface area contributed by atoms with Crippen LogP contribution in [0.25, 0.3) is 0 Å². The number of rotatable bonds is 12. The Labute approximate surface area is 152 Å². The summed E-state index contributed by atoms with van der Waals surface area (Å²) in [4.78, 5) is 48.0. The van der Waals surface area contributed by atoms with Crippen molar-refractivity contribution in [3.05, 3.63) is 0 Å². The highest BCUT2D eigenvalue weighted by atomic mass is 16.4. The molecule has 0 aromatic rings. The van der Waals surface area contributed by atoms with Crippen molar-refractivity contribution in [2.45, 2.75) is 65.2 Å². The molecule has 148 valence electrons. The zero-order valence-corrected chi connectivity index (χ0v) is 15.2. The van der Waals surface area contributed by atoms with Crippen molar-refractivity contribution in [2.24, 2.45) is 22.7 Å². The van der Waals surface area contributed by atoms with Crippen LogP contribution < -0.4 is 0 Å². The molecular formula is C18H28O8. The van der Waals surface area contributed by atoms with Crippen molar-refractivity contribution in [2.75, 3.05) is 0 Å². The van der Waals surface area contributed by atoms with Gasteiger partial charge in [-0.2, -0.15) is 0 Å². The first kappa shape index (κ1) is 21.9. The highest BCUT2D eigenvalue weighted by Crippen LogP contribution is 2.69. The minimum Gasteiger partial charge on any atom is -0.481 e. The van der Waals surface area contributed by atoms with E-state index < -0.39 is 46.5 Å². The lowest BCUT2D eigenvalue weighted by molar-refractivity contribution is -0.245. The van der Waals surface area contributed by atoms with Crippen LogP contribution in [0.5, 0.6) is 0 Å². The summed E-state index contributed by atoms with van der Waals surface area (Å²) in [5, 5.41) is 39.0. The van der Waals surface area contributed by atoms with Gasteiger partial charge in [-0.15, -0.1) is 0 Å². The van der Waals surface area contributed by atoms with Gasteiger partial charge in [0, 0.05) is 0 Å². The second-order valence-corrected chi connectivity index (χ2v) is 7.10. The van der Waals surface area contributed by atoms with Crippen LogP contribution >= 0.6 is 0 Å². The van der Waals surface area contributed by atoms with Crippen LogP contribution in [0.1, 0.15) is 65.2 Å². The summed E-state index contributed by atoms with van der Waals surface area (Å²) >= 11 is 0. The first-order valence-corrected chi connectivity index (χ1v) is 9.07. The van der Waals surface area contributed by atoms with Crippen molar-refractivity contribution >= 4 is 23.9 Å². The number of carboxylic acids is 4. The Bertz CT molecular complexity index is 522. The quantitative estimate of drug-likeness (QED) is 0.382. The minimum absolute atomic E-state index is 0.157. The van der Waals surface area contributed by atoms with Gasteiger partial charge in [0.25, 0.3) is 0 Å². The van der Waals surface area contributed by atoms with Gasteiger partial charge in [-0.1, -0.05) is 52.4 Å². The molecule has 4 atom stereocenters. The number of hydrogen-bond acceptors (Lipinski definition) is 4. The maximum absolute atomic E-state index is 12.2. The lowest BCUT2D eigenvalue weighted by atomic mass is 9.35. The third kappa shape index (κ3) is 3.17. The van der Waals surface area contributed by atoms with Crippen LogP contribution in [0.4, 0.5) is 0 Å². The molecule has 4 unspecified atom stereocenters. The summed E-state index contributed by atoms with van der Waals surface area (Å²) in [6.45, 7) is 3.77. The summed E-state index contributed by atoms with van der Waals surface area (Å²) in [5.74, 6) is -9.71. The molecule has 4 N–H and O–H groups in total. The molecule has 1 fully saturated rings. The second kappa shape index (κ2) is 8.51. The molecule has 1 aliphatic carbocycles. The predicted molar refractivity (Wildman–Crippen MR) is 90.7 cm³/mol. The Hall–Kier alpha value is -2.12. The van der Waals surface area contributed by atoms with Crippen LogP contribution in [0.3, 0.4) is 0 Å². The van der Waals surface area contributed by atoms with Crippen molar-refractivity contribution in [3.63, 3.8) is 0 Å². The Morgan fingerprint density at radius 1 is 0.654 bits per heavy atom. The van der Waals surface area contributed by atoms with E-state index in [9.17, 15) is 39.6 Å². The van der Waals surface area contributed by atoms with Crippen LogP contribution in [-0.4, -0.2) is 44.3 Å². The Balaban J connectivity index is 3.56. The van der Waals surface area contributed by atoms with Gasteiger partial charge in [-0.3, -0.25) is 19.2 Å². The maximum atomic E-state index is 12.2. The second-order valence-electron chi connectivity index (χ2n) is 7.10. The topological polar surface area (TPSA) is 149 Å². The zero-order chi connectivity index (χ0) is 20.1. The lowest BCUT2D eigenvalue weighted by Gasteiger charge is -2.61. The normalized spacial score (nSPS) is 30.4. The standard InChI is InChI=1S/C18H28O8/c1-3-5-7-9-17(15(23)24)11(13(19)20)12(14(21)22)18(17,16(25)26)10-8-6-4-2/h11-12H,3-10H2,1-2H3,(H,19,20)(H,21,22)(H,23,24)(H,25,26). The molecule has 26 heavy (non-hydrogen) atoms. The first-order chi connectivity index (χ1) is 12.1. The Morgan fingerprint density at radius 3 is 1.15 bits per heavy atom. The van der Waals surface area contributed by atoms with E-state index in [0.29, 0.717) is 25.7 Å². The van der Waals surface area contributed by atoms with Gasteiger partial charge in [0.1, 0.15) is 0 Å². The number of carbonyl (C=O) groups is 4. The number of aliphatic carboxylic acids is 4. The fourth-order valence-electron chi connectivity index (χ4n) is 4.66. The van der Waals surface area contributed by atoms with Gasteiger partial charge in [0.15, 0.2) is 0 Å². The van der Waals surface area contributed by atoms with Gasteiger partial charge in [-0.05, 0) is 12.8 Å². The third-order valence-corrected chi connectivity index (χ3v) is 5.84. The zero-order valence-electron chi connectivity index (χ0n) is 15.2. The maximum Gasteiger partial charge on any atom is 0.311 e. The molecule has 1 saturated carbocycles. The monoisotopic (exact) mass is 372 g/mol. The molecule has 0 saturated heterocycles. The molecule has 0 aromatic heterocycles. The fourth-order valence-corrected chi connectivity index (χ4v) is 4.66. The van der Waals surface area contributed by atoms with E-state index in [4.69, 9.17) is 0 Å². The molecule has 0 bridgehead atoms. The Kier molecular flexibility index (Phi) is 7.17. The van der Waals surface area contributed by atoms with E-state index >= 15 is 0 Å². The Morgan fingerprint density at radius 2 is 0.962 bits per heavy atom. The molecule has 0 radical (unpaired) electrons. The average molecular weight is 372 g/mol. The van der Waals surface area contributed by atoms with Crippen molar-refractivity contribution in [1.29, 1.82) is 0 Å². The van der Waals surface area contributed by atoms with Crippen molar-refractivity contribution in [3.8, 4) is 0 Å². The lowest BCUT2D eigenvalue weighted by Crippen LogP contribution is -2.75. The number of hydrogen-bond donors (Lipinski definition) is 4. The van der Waals surface area contributed by atoms with Crippen molar-refractivity contribution < 1.29 is 39.6 Å². The highest BCUT2D eigenvalue weighted by Gasteiger charge is 2.82. The molecule has 0 heterocycles. The molecule has 8 nitrogen and oxygen atoms in total. The summed E-state index contributed by atoms with van der Waals surface area (Å²) < 4.78 is 0. The van der Waals surface area contributed by atoms with Gasteiger partial charge < -0.3 is 20.4 Å². The fraction of sp³-hybridized carbons (Fsp3) is 0.778. The molecule has 1 aliphatic rings. The molecule has 0 aliphatic heterocycles. The molecule has 0 spiro atoms. The van der Waals surface area contributed by atoms with E-state index in [0.717, 1.165) is 12.8 Å². The third-order valence-electron chi connectivity index (χ3n) is 5.84. The van der Waals surface area contributed by atoms with Crippen LogP contribution in [0.15, 0.2) is 0 Å². The van der Waals surface area contributed by atoms with Crippen LogP contribution in [-0.2, 0) is 19.2 Å². The van der Waals surface area contributed by atoms with E-state index in [1.807, 2.05) is 13.8 Å².